The number of hydrogen-bond acceptors (Lipinski definition) is 6. The molecular formula is C20H22Br2N2O6. The van der Waals surface area contributed by atoms with Crippen molar-refractivity contribution in [2.45, 2.75) is 29.4 Å². The van der Waals surface area contributed by atoms with Crippen LogP contribution in [-0.4, -0.2) is 58.0 Å². The molecule has 1 heterocycles. The normalized spacial score (nSPS) is 25.6. The van der Waals surface area contributed by atoms with E-state index < -0.39 is 36.9 Å². The quantitative estimate of drug-likeness (QED) is 0.321. The van der Waals surface area contributed by atoms with Gasteiger partial charge in [0.25, 0.3) is 5.91 Å². The van der Waals surface area contributed by atoms with E-state index in [9.17, 15) is 19.2 Å². The maximum absolute atomic E-state index is 12.6. The first-order chi connectivity index (χ1) is 14.3. The minimum Gasteiger partial charge on any atom is -0.494 e. The summed E-state index contributed by atoms with van der Waals surface area (Å²) in [5.74, 6) is -2.21. The maximum Gasteiger partial charge on any atom is 0.326 e. The number of nitrogens with one attached hydrogen (secondary N) is 1. The number of hydrogen-bond donors (Lipinski definition) is 1. The molecule has 1 aromatic rings. The summed E-state index contributed by atoms with van der Waals surface area (Å²) in [5, 5.41) is 2.60. The van der Waals surface area contributed by atoms with Crippen LogP contribution in [0.2, 0.25) is 0 Å². The number of fused-ring (bicyclic) bond motifs is 1. The van der Waals surface area contributed by atoms with Crippen molar-refractivity contribution in [2.75, 3.05) is 25.1 Å². The Kier molecular flexibility index (Phi) is 7.51. The molecule has 1 aliphatic carbocycles. The number of esters is 1. The van der Waals surface area contributed by atoms with Gasteiger partial charge in [0.1, 0.15) is 12.3 Å². The fourth-order valence-electron chi connectivity index (χ4n) is 3.64. The number of benzene rings is 1. The molecule has 162 valence electrons. The van der Waals surface area contributed by atoms with Crippen molar-refractivity contribution in [1.29, 1.82) is 0 Å². The van der Waals surface area contributed by atoms with Crippen molar-refractivity contribution in [3.05, 3.63) is 24.3 Å². The van der Waals surface area contributed by atoms with Gasteiger partial charge in [0.15, 0.2) is 6.61 Å². The molecule has 0 bridgehead atoms. The van der Waals surface area contributed by atoms with Gasteiger partial charge in [-0.2, -0.15) is 0 Å². The minimum atomic E-state index is -0.803. The van der Waals surface area contributed by atoms with Crippen LogP contribution in [0.1, 0.15) is 19.8 Å². The molecule has 3 rings (SSSR count). The van der Waals surface area contributed by atoms with Crippen LogP contribution in [0.3, 0.4) is 0 Å². The zero-order valence-corrected chi connectivity index (χ0v) is 19.5. The molecule has 4 atom stereocenters. The summed E-state index contributed by atoms with van der Waals surface area (Å²) in [6.45, 7) is 1.42. The Hall–Kier alpha value is -1.94. The number of anilines is 1. The van der Waals surface area contributed by atoms with Crippen LogP contribution in [0.5, 0.6) is 5.75 Å². The Morgan fingerprint density at radius 3 is 2.17 bits per heavy atom. The molecule has 2 fully saturated rings. The second-order valence-electron chi connectivity index (χ2n) is 7.15. The van der Waals surface area contributed by atoms with Crippen LogP contribution in [0, 0.1) is 11.8 Å². The highest BCUT2D eigenvalue weighted by molar-refractivity contribution is 9.12. The molecule has 0 radical (unpaired) electrons. The van der Waals surface area contributed by atoms with E-state index in [1.165, 1.54) is 0 Å². The Balaban J connectivity index is 1.48. The second-order valence-corrected chi connectivity index (χ2v) is 9.50. The number of ether oxygens (including phenoxy) is 2. The highest BCUT2D eigenvalue weighted by Crippen LogP contribution is 2.43. The van der Waals surface area contributed by atoms with E-state index in [-0.39, 0.29) is 21.5 Å². The van der Waals surface area contributed by atoms with Crippen molar-refractivity contribution in [2.24, 2.45) is 11.8 Å². The molecule has 30 heavy (non-hydrogen) atoms. The predicted molar refractivity (Wildman–Crippen MR) is 116 cm³/mol. The van der Waals surface area contributed by atoms with Gasteiger partial charge in [-0.15, -0.1) is 0 Å². The number of carbonyl (C=O) groups excluding carboxylic acids is 4. The molecule has 0 aromatic heterocycles. The summed E-state index contributed by atoms with van der Waals surface area (Å²) in [6, 6.07) is 6.76. The Labute approximate surface area is 190 Å². The van der Waals surface area contributed by atoms with Gasteiger partial charge in [-0.1, -0.05) is 31.9 Å². The first-order valence-corrected chi connectivity index (χ1v) is 11.4. The van der Waals surface area contributed by atoms with Crippen LogP contribution < -0.4 is 10.1 Å². The fraction of sp³-hybridized carbons (Fsp3) is 0.500. The minimum absolute atomic E-state index is 0.0914. The molecule has 10 heteroatoms. The largest absolute Gasteiger partial charge is 0.494 e. The van der Waals surface area contributed by atoms with Crippen LogP contribution in [0.4, 0.5) is 5.69 Å². The van der Waals surface area contributed by atoms with E-state index in [1.54, 1.807) is 24.3 Å². The van der Waals surface area contributed by atoms with Crippen LogP contribution in [0.25, 0.3) is 0 Å². The molecule has 1 aromatic carbocycles. The number of likely N-dealkylation sites (tertiary alicyclic amines) is 1. The topological polar surface area (TPSA) is 102 Å². The highest BCUT2D eigenvalue weighted by atomic mass is 79.9. The van der Waals surface area contributed by atoms with E-state index in [1.807, 2.05) is 6.92 Å². The lowest BCUT2D eigenvalue weighted by atomic mass is 9.81. The van der Waals surface area contributed by atoms with Gasteiger partial charge >= 0.3 is 5.97 Å². The molecule has 1 saturated carbocycles. The molecule has 1 saturated heterocycles. The molecule has 0 unspecified atom stereocenters. The maximum atomic E-state index is 12.6. The molecule has 0 spiro atoms. The van der Waals surface area contributed by atoms with Crippen LogP contribution >= 0.6 is 31.9 Å². The first kappa shape index (κ1) is 22.7. The van der Waals surface area contributed by atoms with E-state index in [0.717, 1.165) is 4.90 Å². The lowest BCUT2D eigenvalue weighted by Crippen LogP contribution is -2.37. The lowest BCUT2D eigenvalue weighted by molar-refractivity contribution is -0.154. The van der Waals surface area contributed by atoms with Gasteiger partial charge < -0.3 is 14.8 Å². The SMILES string of the molecule is CCOc1ccc(NC(=O)COC(=O)CN2C(=O)[C@@H]3C[C@@H](Br)[C@@H](Br)C[C@H]3C2=O)cc1. The number of carbonyl (C=O) groups is 4. The van der Waals surface area contributed by atoms with Gasteiger partial charge in [0, 0.05) is 15.3 Å². The van der Waals surface area contributed by atoms with Crippen molar-refractivity contribution < 1.29 is 28.7 Å². The van der Waals surface area contributed by atoms with Gasteiger partial charge in [0.05, 0.1) is 18.4 Å². The van der Waals surface area contributed by atoms with Gasteiger partial charge in [-0.05, 0) is 44.0 Å². The number of rotatable bonds is 7. The fourth-order valence-corrected chi connectivity index (χ4v) is 4.88. The van der Waals surface area contributed by atoms with Crippen LogP contribution in [0.15, 0.2) is 24.3 Å². The second kappa shape index (κ2) is 9.91. The summed E-state index contributed by atoms with van der Waals surface area (Å²) in [4.78, 5) is 50.4. The number of imide groups is 1. The number of alkyl halides is 2. The lowest BCUT2D eigenvalue weighted by Gasteiger charge is -2.29. The third-order valence-electron chi connectivity index (χ3n) is 5.10. The predicted octanol–water partition coefficient (Wildman–Crippen LogP) is 2.49. The van der Waals surface area contributed by atoms with E-state index in [0.29, 0.717) is 30.9 Å². The Morgan fingerprint density at radius 2 is 1.63 bits per heavy atom. The Bertz CT molecular complexity index is 803. The van der Waals surface area contributed by atoms with Crippen molar-refractivity contribution in [3.8, 4) is 5.75 Å². The smallest absolute Gasteiger partial charge is 0.326 e. The van der Waals surface area contributed by atoms with Gasteiger partial charge in [-0.3, -0.25) is 24.1 Å². The standard InChI is InChI=1S/C20H22Br2N2O6/c1-2-29-12-5-3-11(4-6-12)23-17(25)10-30-18(26)9-24-19(27)13-7-15(21)16(22)8-14(13)20(24)28/h3-6,13-16H,2,7-10H2,1H3,(H,23,25)/t13-,14-,15-,16+/m1/s1. The summed E-state index contributed by atoms with van der Waals surface area (Å²) < 4.78 is 10.3. The molecule has 3 amide bonds. The van der Waals surface area contributed by atoms with Gasteiger partial charge in [-0.25, -0.2) is 0 Å². The number of halogens is 2. The molecule has 1 aliphatic heterocycles. The van der Waals surface area contributed by atoms with Crippen molar-refractivity contribution in [3.63, 3.8) is 0 Å². The highest BCUT2D eigenvalue weighted by Gasteiger charge is 2.52. The summed E-state index contributed by atoms with van der Waals surface area (Å²) in [5.41, 5.74) is 0.530. The summed E-state index contributed by atoms with van der Waals surface area (Å²) in [6.07, 6.45) is 1.06. The zero-order valence-electron chi connectivity index (χ0n) is 16.3. The van der Waals surface area contributed by atoms with E-state index >= 15 is 0 Å². The molecule has 8 nitrogen and oxygen atoms in total. The summed E-state index contributed by atoms with van der Waals surface area (Å²) in [7, 11) is 0. The van der Waals surface area contributed by atoms with Crippen molar-refractivity contribution >= 4 is 61.2 Å². The molecular weight excluding hydrogens is 524 g/mol. The summed E-state index contributed by atoms with van der Waals surface area (Å²) >= 11 is 7.03. The zero-order chi connectivity index (χ0) is 21.8. The average molecular weight is 546 g/mol. The molecule has 2 aliphatic rings. The van der Waals surface area contributed by atoms with E-state index in [4.69, 9.17) is 9.47 Å². The third kappa shape index (κ3) is 5.21. The monoisotopic (exact) mass is 544 g/mol. The number of nitrogens with zero attached hydrogens (tertiary/aromatic N) is 1. The molecule has 1 N–H and O–H groups in total. The van der Waals surface area contributed by atoms with Crippen LogP contribution in [-0.2, 0) is 23.9 Å². The van der Waals surface area contributed by atoms with E-state index in [2.05, 4.69) is 37.2 Å². The average Bonchev–Trinajstić information content (AvgIpc) is 2.93. The Morgan fingerprint density at radius 1 is 1.07 bits per heavy atom. The third-order valence-corrected chi connectivity index (χ3v) is 7.84. The first-order valence-electron chi connectivity index (χ1n) is 9.61. The van der Waals surface area contributed by atoms with Crippen molar-refractivity contribution in [1.82, 2.24) is 4.90 Å². The van der Waals surface area contributed by atoms with Gasteiger partial charge in [0.2, 0.25) is 11.8 Å². The number of amides is 3.